The summed E-state index contributed by atoms with van der Waals surface area (Å²) in [6, 6.07) is 18.5. The second kappa shape index (κ2) is 8.19. The van der Waals surface area contributed by atoms with E-state index in [-0.39, 0.29) is 0 Å². The fourth-order valence-electron chi connectivity index (χ4n) is 3.11. The number of aromatic nitrogens is 3. The molecular formula is C22H23N5O. The van der Waals surface area contributed by atoms with Crippen LogP contribution in [0.1, 0.15) is 22.6 Å². The van der Waals surface area contributed by atoms with Gasteiger partial charge in [0, 0.05) is 24.5 Å². The maximum absolute atomic E-state index is 4.91. The van der Waals surface area contributed by atoms with E-state index in [9.17, 15) is 0 Å². The predicted molar refractivity (Wildman–Crippen MR) is 110 cm³/mol. The highest BCUT2D eigenvalue weighted by atomic mass is 16.5. The first kappa shape index (κ1) is 18.1. The van der Waals surface area contributed by atoms with Crippen LogP contribution in [-0.4, -0.2) is 27.1 Å². The molecule has 0 aliphatic heterocycles. The molecule has 0 unspecified atom stereocenters. The molecule has 1 N–H and O–H groups in total. The molecule has 0 aliphatic rings. The number of fused-ring (bicyclic) bond motifs is 1. The van der Waals surface area contributed by atoms with E-state index in [0.717, 1.165) is 34.8 Å². The Morgan fingerprint density at radius 3 is 2.57 bits per heavy atom. The number of para-hydroxylation sites is 1. The maximum atomic E-state index is 4.91. The minimum absolute atomic E-state index is 0.622. The van der Waals surface area contributed by atoms with Crippen LogP contribution < -0.4 is 5.32 Å². The lowest BCUT2D eigenvalue weighted by molar-refractivity contribution is 0.297. The Kier molecular flexibility index (Phi) is 5.30. The molecule has 0 radical (unpaired) electrons. The molecule has 4 rings (SSSR count). The SMILES string of the molecule is Cc1ccc(CNc2nc(CN(C)Cc3ccon3)nc3ccccc23)cc1. The van der Waals surface area contributed by atoms with E-state index < -0.39 is 0 Å². The van der Waals surface area contributed by atoms with Crippen LogP contribution in [0.25, 0.3) is 10.9 Å². The molecule has 6 heteroatoms. The van der Waals surface area contributed by atoms with Crippen LogP contribution >= 0.6 is 0 Å². The van der Waals surface area contributed by atoms with Gasteiger partial charge in [-0.3, -0.25) is 4.90 Å². The summed E-state index contributed by atoms with van der Waals surface area (Å²) < 4.78 is 4.91. The second-order valence-electron chi connectivity index (χ2n) is 7.01. The molecule has 2 aromatic heterocycles. The monoisotopic (exact) mass is 373 g/mol. The van der Waals surface area contributed by atoms with E-state index in [1.165, 1.54) is 11.1 Å². The van der Waals surface area contributed by atoms with E-state index >= 15 is 0 Å². The van der Waals surface area contributed by atoms with Crippen molar-refractivity contribution in [2.75, 3.05) is 12.4 Å². The number of hydrogen-bond donors (Lipinski definition) is 1. The number of aryl methyl sites for hydroxylation is 1. The molecule has 0 amide bonds. The number of hydrogen-bond acceptors (Lipinski definition) is 6. The zero-order valence-electron chi connectivity index (χ0n) is 16.1. The first-order valence-electron chi connectivity index (χ1n) is 9.30. The molecular weight excluding hydrogens is 350 g/mol. The van der Waals surface area contributed by atoms with Gasteiger partial charge < -0.3 is 9.84 Å². The van der Waals surface area contributed by atoms with E-state index in [2.05, 4.69) is 52.6 Å². The molecule has 0 atom stereocenters. The third-order valence-electron chi connectivity index (χ3n) is 4.56. The molecule has 0 saturated heterocycles. The summed E-state index contributed by atoms with van der Waals surface area (Å²) in [6.45, 7) is 4.11. The van der Waals surface area contributed by atoms with Gasteiger partial charge in [-0.05, 0) is 31.7 Å². The van der Waals surface area contributed by atoms with Gasteiger partial charge in [0.25, 0.3) is 0 Å². The molecule has 2 aromatic carbocycles. The highest BCUT2D eigenvalue weighted by Crippen LogP contribution is 2.21. The van der Waals surface area contributed by atoms with Gasteiger partial charge >= 0.3 is 0 Å². The molecule has 28 heavy (non-hydrogen) atoms. The zero-order valence-corrected chi connectivity index (χ0v) is 16.1. The Balaban J connectivity index is 1.55. The van der Waals surface area contributed by atoms with Crippen molar-refractivity contribution in [2.45, 2.75) is 26.6 Å². The van der Waals surface area contributed by atoms with Gasteiger partial charge in [0.05, 0.1) is 17.8 Å². The standard InChI is InChI=1S/C22H23N5O/c1-16-7-9-17(10-8-16)13-23-22-19-5-3-4-6-20(19)24-21(25-22)15-27(2)14-18-11-12-28-26-18/h3-12H,13-15H2,1-2H3,(H,23,24,25). The number of nitrogens with zero attached hydrogens (tertiary/aromatic N) is 4. The van der Waals surface area contributed by atoms with Gasteiger partial charge in [-0.15, -0.1) is 0 Å². The van der Waals surface area contributed by atoms with Crippen molar-refractivity contribution in [3.8, 4) is 0 Å². The molecule has 6 nitrogen and oxygen atoms in total. The average molecular weight is 373 g/mol. The van der Waals surface area contributed by atoms with Crippen molar-refractivity contribution >= 4 is 16.7 Å². The topological polar surface area (TPSA) is 67.1 Å². The number of benzene rings is 2. The van der Waals surface area contributed by atoms with E-state index in [0.29, 0.717) is 13.1 Å². The van der Waals surface area contributed by atoms with Crippen molar-refractivity contribution in [2.24, 2.45) is 0 Å². The van der Waals surface area contributed by atoms with Gasteiger partial charge in [0.2, 0.25) is 0 Å². The van der Waals surface area contributed by atoms with Gasteiger partial charge in [0.1, 0.15) is 17.9 Å². The Morgan fingerprint density at radius 2 is 1.79 bits per heavy atom. The van der Waals surface area contributed by atoms with Crippen molar-refractivity contribution in [1.82, 2.24) is 20.0 Å². The summed E-state index contributed by atoms with van der Waals surface area (Å²) in [7, 11) is 2.02. The molecule has 142 valence electrons. The summed E-state index contributed by atoms with van der Waals surface area (Å²) in [5.74, 6) is 1.63. The third-order valence-corrected chi connectivity index (χ3v) is 4.56. The summed E-state index contributed by atoms with van der Waals surface area (Å²) in [5, 5.41) is 8.48. The van der Waals surface area contributed by atoms with Gasteiger partial charge in [-0.2, -0.15) is 0 Å². The van der Waals surface area contributed by atoms with Crippen LogP contribution in [0.3, 0.4) is 0 Å². The quantitative estimate of drug-likeness (QED) is 0.524. The minimum Gasteiger partial charge on any atom is -0.365 e. The lowest BCUT2D eigenvalue weighted by atomic mass is 10.1. The number of rotatable bonds is 7. The van der Waals surface area contributed by atoms with Crippen LogP contribution in [0, 0.1) is 6.92 Å². The molecule has 0 spiro atoms. The number of anilines is 1. The third kappa shape index (κ3) is 4.35. The molecule has 4 aromatic rings. The minimum atomic E-state index is 0.622. The van der Waals surface area contributed by atoms with Crippen LogP contribution in [0.5, 0.6) is 0 Å². The Hall–Kier alpha value is -3.25. The van der Waals surface area contributed by atoms with Crippen molar-refractivity contribution in [1.29, 1.82) is 0 Å². The van der Waals surface area contributed by atoms with Gasteiger partial charge in [0.15, 0.2) is 0 Å². The highest BCUT2D eigenvalue weighted by Gasteiger charge is 2.11. The summed E-state index contributed by atoms with van der Waals surface area (Å²) in [5.41, 5.74) is 4.31. The smallest absolute Gasteiger partial charge is 0.145 e. The molecule has 0 aliphatic carbocycles. The Labute approximate surface area is 164 Å². The van der Waals surface area contributed by atoms with Crippen molar-refractivity contribution < 1.29 is 4.52 Å². The molecule has 0 bridgehead atoms. The Morgan fingerprint density at radius 1 is 0.964 bits per heavy atom. The first-order chi connectivity index (χ1) is 13.7. The van der Waals surface area contributed by atoms with Crippen LogP contribution in [0.2, 0.25) is 0 Å². The van der Waals surface area contributed by atoms with E-state index in [1.807, 2.05) is 31.3 Å². The van der Waals surface area contributed by atoms with Gasteiger partial charge in [-0.25, -0.2) is 9.97 Å². The van der Waals surface area contributed by atoms with Crippen LogP contribution in [-0.2, 0) is 19.6 Å². The number of nitrogens with one attached hydrogen (secondary N) is 1. The van der Waals surface area contributed by atoms with E-state index in [4.69, 9.17) is 14.5 Å². The fourth-order valence-corrected chi connectivity index (χ4v) is 3.11. The lowest BCUT2D eigenvalue weighted by Crippen LogP contribution is -2.19. The second-order valence-corrected chi connectivity index (χ2v) is 7.01. The molecule has 0 fully saturated rings. The highest BCUT2D eigenvalue weighted by molar-refractivity contribution is 5.88. The fraction of sp³-hybridized carbons (Fsp3) is 0.227. The van der Waals surface area contributed by atoms with Gasteiger partial charge in [-0.1, -0.05) is 47.1 Å². The van der Waals surface area contributed by atoms with Crippen molar-refractivity contribution in [3.05, 3.63) is 83.5 Å². The summed E-state index contributed by atoms with van der Waals surface area (Å²) in [4.78, 5) is 11.6. The zero-order chi connectivity index (χ0) is 19.3. The Bertz CT molecular complexity index is 1040. The van der Waals surface area contributed by atoms with Crippen LogP contribution in [0.4, 0.5) is 5.82 Å². The molecule has 2 heterocycles. The largest absolute Gasteiger partial charge is 0.365 e. The van der Waals surface area contributed by atoms with E-state index in [1.54, 1.807) is 6.26 Å². The first-order valence-corrected chi connectivity index (χ1v) is 9.30. The maximum Gasteiger partial charge on any atom is 0.145 e. The lowest BCUT2D eigenvalue weighted by Gasteiger charge is -2.16. The van der Waals surface area contributed by atoms with Crippen molar-refractivity contribution in [3.63, 3.8) is 0 Å². The summed E-state index contributed by atoms with van der Waals surface area (Å²) >= 11 is 0. The van der Waals surface area contributed by atoms with Crippen LogP contribution in [0.15, 0.2) is 65.4 Å². The molecule has 0 saturated carbocycles. The predicted octanol–water partition coefficient (Wildman–Crippen LogP) is 4.17. The summed E-state index contributed by atoms with van der Waals surface area (Å²) in [6.07, 6.45) is 1.59. The average Bonchev–Trinajstić information content (AvgIpc) is 3.20. The normalized spacial score (nSPS) is 11.2.